The molecule has 100 valence electrons. The van der Waals surface area contributed by atoms with Crippen molar-refractivity contribution in [3.63, 3.8) is 0 Å². The maximum Gasteiger partial charge on any atom is 0.272 e. The van der Waals surface area contributed by atoms with Crippen molar-refractivity contribution in [1.82, 2.24) is 4.57 Å². The van der Waals surface area contributed by atoms with Crippen LogP contribution in [0.1, 0.15) is 23.8 Å². The van der Waals surface area contributed by atoms with Gasteiger partial charge in [-0.1, -0.05) is 18.5 Å². The van der Waals surface area contributed by atoms with Crippen LogP contribution in [0.2, 0.25) is 5.02 Å². The zero-order valence-electron chi connectivity index (χ0n) is 10.5. The van der Waals surface area contributed by atoms with Gasteiger partial charge in [0, 0.05) is 27.9 Å². The van der Waals surface area contributed by atoms with Crippen molar-refractivity contribution < 1.29 is 4.79 Å². The average molecular weight is 342 g/mol. The molecule has 0 saturated heterocycles. The van der Waals surface area contributed by atoms with E-state index in [0.717, 1.165) is 23.1 Å². The number of nitrogens with one attached hydrogen (secondary N) is 1. The summed E-state index contributed by atoms with van der Waals surface area (Å²) in [6.45, 7) is 2.89. The minimum atomic E-state index is -0.124. The third-order valence-corrected chi connectivity index (χ3v) is 3.35. The van der Waals surface area contributed by atoms with Crippen molar-refractivity contribution in [2.45, 2.75) is 19.9 Å². The summed E-state index contributed by atoms with van der Waals surface area (Å²) < 4.78 is 2.84. The highest BCUT2D eigenvalue weighted by molar-refractivity contribution is 9.10. The minimum Gasteiger partial charge on any atom is -0.342 e. The monoisotopic (exact) mass is 340 g/mol. The second-order valence-electron chi connectivity index (χ2n) is 4.20. The van der Waals surface area contributed by atoms with Crippen LogP contribution < -0.4 is 5.32 Å². The summed E-state index contributed by atoms with van der Waals surface area (Å²) in [5.74, 6) is -0.124. The first-order valence-electron chi connectivity index (χ1n) is 6.02. The zero-order valence-corrected chi connectivity index (χ0v) is 12.8. The molecule has 2 aromatic rings. The number of anilines is 1. The van der Waals surface area contributed by atoms with Gasteiger partial charge in [0.1, 0.15) is 5.69 Å². The molecular formula is C14H14BrClN2O. The quantitative estimate of drug-likeness (QED) is 0.868. The molecule has 1 amide bonds. The van der Waals surface area contributed by atoms with E-state index >= 15 is 0 Å². The largest absolute Gasteiger partial charge is 0.342 e. The van der Waals surface area contributed by atoms with E-state index in [1.165, 1.54) is 0 Å². The number of aryl methyl sites for hydroxylation is 1. The highest BCUT2D eigenvalue weighted by Gasteiger charge is 2.12. The zero-order chi connectivity index (χ0) is 13.8. The standard InChI is InChI=1S/C14H14BrClN2O/c1-2-7-18-9-10(15)8-13(18)14(19)17-12-5-3-11(16)4-6-12/h3-6,8-9H,2,7H2,1H3,(H,17,19). The van der Waals surface area contributed by atoms with Gasteiger partial charge in [-0.15, -0.1) is 0 Å². The number of aromatic nitrogens is 1. The lowest BCUT2D eigenvalue weighted by atomic mass is 10.3. The number of benzene rings is 1. The Kier molecular flexibility index (Phi) is 4.66. The lowest BCUT2D eigenvalue weighted by Crippen LogP contribution is -2.16. The molecule has 0 atom stereocenters. The van der Waals surface area contributed by atoms with E-state index in [1.54, 1.807) is 24.3 Å². The summed E-state index contributed by atoms with van der Waals surface area (Å²) in [7, 11) is 0. The Labute approximate surface area is 125 Å². The van der Waals surface area contributed by atoms with Gasteiger partial charge in [0.15, 0.2) is 0 Å². The van der Waals surface area contributed by atoms with Crippen LogP contribution in [0.25, 0.3) is 0 Å². The van der Waals surface area contributed by atoms with Gasteiger partial charge in [-0.3, -0.25) is 4.79 Å². The summed E-state index contributed by atoms with van der Waals surface area (Å²) in [6, 6.07) is 8.88. The van der Waals surface area contributed by atoms with Crippen molar-refractivity contribution in [2.75, 3.05) is 5.32 Å². The Morgan fingerprint density at radius 2 is 2.05 bits per heavy atom. The number of hydrogen-bond acceptors (Lipinski definition) is 1. The van der Waals surface area contributed by atoms with Crippen LogP contribution in [0.4, 0.5) is 5.69 Å². The number of hydrogen-bond donors (Lipinski definition) is 1. The maximum absolute atomic E-state index is 12.2. The predicted molar refractivity (Wildman–Crippen MR) is 81.8 cm³/mol. The normalized spacial score (nSPS) is 10.5. The summed E-state index contributed by atoms with van der Waals surface area (Å²) in [6.07, 6.45) is 2.89. The van der Waals surface area contributed by atoms with Crippen molar-refractivity contribution >= 4 is 39.1 Å². The van der Waals surface area contributed by atoms with E-state index in [-0.39, 0.29) is 5.91 Å². The Bertz CT molecular complexity index is 578. The van der Waals surface area contributed by atoms with Crippen LogP contribution in [0.3, 0.4) is 0 Å². The molecule has 19 heavy (non-hydrogen) atoms. The summed E-state index contributed by atoms with van der Waals surface area (Å²) in [5, 5.41) is 3.51. The number of rotatable bonds is 4. The molecule has 0 spiro atoms. The SMILES string of the molecule is CCCn1cc(Br)cc1C(=O)Nc1ccc(Cl)cc1. The van der Waals surface area contributed by atoms with E-state index in [9.17, 15) is 4.79 Å². The Hall–Kier alpha value is -1.26. The molecule has 1 aromatic heterocycles. The molecule has 0 saturated carbocycles. The van der Waals surface area contributed by atoms with Gasteiger partial charge in [-0.25, -0.2) is 0 Å². The molecule has 0 aliphatic rings. The van der Waals surface area contributed by atoms with E-state index in [1.807, 2.05) is 16.8 Å². The number of amides is 1. The predicted octanol–water partition coefficient (Wildman–Crippen LogP) is 4.57. The summed E-state index contributed by atoms with van der Waals surface area (Å²) in [5.41, 5.74) is 1.37. The first-order chi connectivity index (χ1) is 9.10. The van der Waals surface area contributed by atoms with Crippen molar-refractivity contribution in [2.24, 2.45) is 0 Å². The number of carbonyl (C=O) groups excluding carboxylic acids is 1. The second kappa shape index (κ2) is 6.26. The van der Waals surface area contributed by atoms with Gasteiger partial charge >= 0.3 is 0 Å². The minimum absolute atomic E-state index is 0.124. The highest BCUT2D eigenvalue weighted by Crippen LogP contribution is 2.18. The summed E-state index contributed by atoms with van der Waals surface area (Å²) >= 11 is 9.21. The van der Waals surface area contributed by atoms with Crippen LogP contribution in [-0.4, -0.2) is 10.5 Å². The van der Waals surface area contributed by atoms with E-state index < -0.39 is 0 Å². The van der Waals surface area contributed by atoms with E-state index in [0.29, 0.717) is 10.7 Å². The lowest BCUT2D eigenvalue weighted by molar-refractivity contribution is 0.101. The van der Waals surface area contributed by atoms with Gasteiger partial charge in [-0.2, -0.15) is 0 Å². The third kappa shape index (κ3) is 3.61. The number of halogens is 2. The van der Waals surface area contributed by atoms with E-state index in [2.05, 4.69) is 28.2 Å². The smallest absolute Gasteiger partial charge is 0.272 e. The molecule has 5 heteroatoms. The maximum atomic E-state index is 12.2. The Morgan fingerprint density at radius 3 is 2.68 bits per heavy atom. The topological polar surface area (TPSA) is 34.0 Å². The van der Waals surface area contributed by atoms with Crippen LogP contribution in [-0.2, 0) is 6.54 Å². The van der Waals surface area contributed by atoms with Crippen LogP contribution in [0, 0.1) is 0 Å². The lowest BCUT2D eigenvalue weighted by Gasteiger charge is -2.08. The fourth-order valence-corrected chi connectivity index (χ4v) is 2.41. The number of nitrogens with zero attached hydrogens (tertiary/aromatic N) is 1. The van der Waals surface area contributed by atoms with Gasteiger partial charge in [0.25, 0.3) is 5.91 Å². The summed E-state index contributed by atoms with van der Waals surface area (Å²) in [4.78, 5) is 12.2. The molecule has 0 aliphatic carbocycles. The van der Waals surface area contributed by atoms with Crippen LogP contribution in [0.5, 0.6) is 0 Å². The fraction of sp³-hybridized carbons (Fsp3) is 0.214. The number of carbonyl (C=O) groups is 1. The Morgan fingerprint density at radius 1 is 1.37 bits per heavy atom. The average Bonchev–Trinajstić information content (AvgIpc) is 2.74. The molecule has 2 rings (SSSR count). The molecule has 0 radical (unpaired) electrons. The van der Waals surface area contributed by atoms with E-state index in [4.69, 9.17) is 11.6 Å². The molecule has 1 aromatic carbocycles. The van der Waals surface area contributed by atoms with Gasteiger partial charge in [0.05, 0.1) is 0 Å². The Balaban J connectivity index is 2.17. The molecular weight excluding hydrogens is 328 g/mol. The molecule has 0 fully saturated rings. The van der Waals surface area contributed by atoms with Crippen molar-refractivity contribution in [1.29, 1.82) is 0 Å². The fourth-order valence-electron chi connectivity index (χ4n) is 1.82. The van der Waals surface area contributed by atoms with Crippen LogP contribution >= 0.6 is 27.5 Å². The van der Waals surface area contributed by atoms with Gasteiger partial charge in [-0.05, 0) is 52.7 Å². The van der Waals surface area contributed by atoms with Crippen molar-refractivity contribution in [3.05, 3.63) is 51.7 Å². The third-order valence-electron chi connectivity index (χ3n) is 2.66. The first kappa shape index (κ1) is 14.2. The van der Waals surface area contributed by atoms with Gasteiger partial charge in [0.2, 0.25) is 0 Å². The highest BCUT2D eigenvalue weighted by atomic mass is 79.9. The molecule has 0 aliphatic heterocycles. The first-order valence-corrected chi connectivity index (χ1v) is 7.20. The van der Waals surface area contributed by atoms with Crippen molar-refractivity contribution in [3.8, 4) is 0 Å². The molecule has 0 unspecified atom stereocenters. The molecule has 1 N–H and O–H groups in total. The van der Waals surface area contributed by atoms with Crippen LogP contribution in [0.15, 0.2) is 41.0 Å². The molecule has 3 nitrogen and oxygen atoms in total. The molecule has 0 bridgehead atoms. The molecule has 1 heterocycles. The second-order valence-corrected chi connectivity index (χ2v) is 5.55. The van der Waals surface area contributed by atoms with Gasteiger partial charge < -0.3 is 9.88 Å².